The minimum absolute atomic E-state index is 0.0368. The molecule has 0 amide bonds. The fourth-order valence-electron chi connectivity index (χ4n) is 2.46. The molecule has 0 heterocycles. The molecule has 0 atom stereocenters. The van der Waals surface area contributed by atoms with E-state index in [4.69, 9.17) is 5.11 Å². The molecule has 0 unspecified atom stereocenters. The Morgan fingerprint density at radius 3 is 1.52 bits per heavy atom. The summed E-state index contributed by atoms with van der Waals surface area (Å²) in [4.78, 5) is 22.6. The van der Waals surface area contributed by atoms with Gasteiger partial charge < -0.3 is 10.2 Å². The molecule has 2 rings (SSSR count). The van der Waals surface area contributed by atoms with Crippen LogP contribution < -0.4 is 0 Å². The Morgan fingerprint density at radius 1 is 0.739 bits per heavy atom. The number of carbonyl (C=O) groups is 2. The minimum Gasteiger partial charge on any atom is -0.481 e. The predicted molar refractivity (Wildman–Crippen MR) is 87.2 cm³/mol. The van der Waals surface area contributed by atoms with E-state index in [1.807, 2.05) is 60.7 Å². The third kappa shape index (κ3) is 5.11. The van der Waals surface area contributed by atoms with Crippen LogP contribution in [-0.2, 0) is 22.4 Å². The molecule has 4 nitrogen and oxygen atoms in total. The number of rotatable bonds is 7. The SMILES string of the molecule is O=C(O)CC(C(=O)O)=C(Cc1ccccc1)Cc1ccccc1. The summed E-state index contributed by atoms with van der Waals surface area (Å²) in [5, 5.41) is 18.4. The van der Waals surface area contributed by atoms with Crippen LogP contribution in [0.3, 0.4) is 0 Å². The fraction of sp³-hybridized carbons (Fsp3) is 0.158. The van der Waals surface area contributed by atoms with Gasteiger partial charge in [0.25, 0.3) is 0 Å². The number of hydrogen-bond acceptors (Lipinski definition) is 2. The number of aliphatic carboxylic acids is 2. The molecule has 0 bridgehead atoms. The molecule has 0 aromatic heterocycles. The zero-order chi connectivity index (χ0) is 16.7. The second kappa shape index (κ2) is 7.94. The van der Waals surface area contributed by atoms with Crippen LogP contribution in [0.5, 0.6) is 0 Å². The van der Waals surface area contributed by atoms with Crippen molar-refractivity contribution in [2.75, 3.05) is 0 Å². The van der Waals surface area contributed by atoms with Crippen LogP contribution in [0, 0.1) is 0 Å². The van der Waals surface area contributed by atoms with Crippen LogP contribution >= 0.6 is 0 Å². The van der Waals surface area contributed by atoms with Gasteiger partial charge in [0.2, 0.25) is 0 Å². The summed E-state index contributed by atoms with van der Waals surface area (Å²) < 4.78 is 0. The molecule has 0 radical (unpaired) electrons. The quantitative estimate of drug-likeness (QED) is 0.769. The van der Waals surface area contributed by atoms with Crippen molar-refractivity contribution in [2.45, 2.75) is 19.3 Å². The maximum atomic E-state index is 11.5. The lowest BCUT2D eigenvalue weighted by molar-refractivity contribution is -0.139. The van der Waals surface area contributed by atoms with Gasteiger partial charge in [0.1, 0.15) is 0 Å². The lowest BCUT2D eigenvalue weighted by atomic mass is 9.92. The molecule has 2 aromatic rings. The Labute approximate surface area is 134 Å². The average molecular weight is 310 g/mol. The summed E-state index contributed by atoms with van der Waals surface area (Å²) in [6.07, 6.45) is 0.361. The first-order chi connectivity index (χ1) is 11.1. The molecular weight excluding hydrogens is 292 g/mol. The molecule has 0 aliphatic heterocycles. The molecule has 2 aromatic carbocycles. The van der Waals surface area contributed by atoms with Crippen LogP contribution in [0.2, 0.25) is 0 Å². The van der Waals surface area contributed by atoms with E-state index >= 15 is 0 Å². The zero-order valence-electron chi connectivity index (χ0n) is 12.6. The van der Waals surface area contributed by atoms with Crippen molar-refractivity contribution in [3.05, 3.63) is 82.9 Å². The molecule has 0 fully saturated rings. The molecule has 118 valence electrons. The lowest BCUT2D eigenvalue weighted by Crippen LogP contribution is -2.12. The van der Waals surface area contributed by atoms with Gasteiger partial charge in [0.05, 0.1) is 6.42 Å². The Hall–Kier alpha value is -2.88. The highest BCUT2D eigenvalue weighted by Gasteiger charge is 2.18. The van der Waals surface area contributed by atoms with E-state index in [0.717, 1.165) is 11.1 Å². The molecule has 23 heavy (non-hydrogen) atoms. The summed E-state index contributed by atoms with van der Waals surface area (Å²) in [7, 11) is 0. The Morgan fingerprint density at radius 2 is 1.17 bits per heavy atom. The van der Waals surface area contributed by atoms with E-state index in [9.17, 15) is 14.7 Å². The molecular formula is C19H18O4. The van der Waals surface area contributed by atoms with Gasteiger partial charge >= 0.3 is 11.9 Å². The fourth-order valence-corrected chi connectivity index (χ4v) is 2.46. The van der Waals surface area contributed by atoms with E-state index in [2.05, 4.69) is 0 Å². The number of carboxylic acids is 2. The monoisotopic (exact) mass is 310 g/mol. The number of benzene rings is 2. The van der Waals surface area contributed by atoms with Gasteiger partial charge in [-0.25, -0.2) is 4.79 Å². The third-order valence-corrected chi connectivity index (χ3v) is 3.53. The van der Waals surface area contributed by atoms with E-state index in [1.165, 1.54) is 0 Å². The largest absolute Gasteiger partial charge is 0.481 e. The second-order valence-electron chi connectivity index (χ2n) is 5.28. The third-order valence-electron chi connectivity index (χ3n) is 3.53. The van der Waals surface area contributed by atoms with Crippen molar-refractivity contribution in [2.24, 2.45) is 0 Å². The topological polar surface area (TPSA) is 74.6 Å². The average Bonchev–Trinajstić information content (AvgIpc) is 2.53. The van der Waals surface area contributed by atoms with E-state index in [1.54, 1.807) is 0 Å². The Balaban J connectivity index is 2.39. The van der Waals surface area contributed by atoms with Gasteiger partial charge in [0, 0.05) is 5.57 Å². The van der Waals surface area contributed by atoms with Gasteiger partial charge in [-0.2, -0.15) is 0 Å². The Kier molecular flexibility index (Phi) is 5.69. The van der Waals surface area contributed by atoms with Crippen molar-refractivity contribution < 1.29 is 19.8 Å². The van der Waals surface area contributed by atoms with Crippen LogP contribution in [0.25, 0.3) is 0 Å². The zero-order valence-corrected chi connectivity index (χ0v) is 12.6. The summed E-state index contributed by atoms with van der Waals surface area (Å²) >= 11 is 0. The second-order valence-corrected chi connectivity index (χ2v) is 5.28. The highest BCUT2D eigenvalue weighted by molar-refractivity contribution is 5.93. The summed E-state index contributed by atoms with van der Waals surface area (Å²) in [5.41, 5.74) is 2.51. The number of carboxylic acid groups (broad SMARTS) is 2. The van der Waals surface area contributed by atoms with E-state index in [0.29, 0.717) is 18.4 Å². The van der Waals surface area contributed by atoms with Crippen molar-refractivity contribution in [3.63, 3.8) is 0 Å². The van der Waals surface area contributed by atoms with Gasteiger partial charge in [-0.15, -0.1) is 0 Å². The highest BCUT2D eigenvalue weighted by Crippen LogP contribution is 2.20. The van der Waals surface area contributed by atoms with Crippen LogP contribution in [0.1, 0.15) is 17.5 Å². The molecule has 4 heteroatoms. The van der Waals surface area contributed by atoms with Gasteiger partial charge in [-0.3, -0.25) is 4.79 Å². The van der Waals surface area contributed by atoms with E-state index in [-0.39, 0.29) is 5.57 Å². The maximum absolute atomic E-state index is 11.5. The molecule has 0 aliphatic rings. The standard InChI is InChI=1S/C19H18O4/c20-18(21)13-17(19(22)23)16(11-14-7-3-1-4-8-14)12-15-9-5-2-6-10-15/h1-10H,11-13H2,(H,20,21)(H,22,23). The molecule has 0 saturated carbocycles. The van der Waals surface area contributed by atoms with Crippen molar-refractivity contribution in [1.82, 2.24) is 0 Å². The van der Waals surface area contributed by atoms with Gasteiger partial charge in [-0.1, -0.05) is 66.2 Å². The molecule has 0 spiro atoms. The first-order valence-electron chi connectivity index (χ1n) is 7.30. The molecule has 2 N–H and O–H groups in total. The minimum atomic E-state index is -1.17. The summed E-state index contributed by atoms with van der Waals surface area (Å²) in [5.74, 6) is -2.31. The lowest BCUT2D eigenvalue weighted by Gasteiger charge is -2.12. The Bertz CT molecular complexity index is 659. The first kappa shape index (κ1) is 16.5. The van der Waals surface area contributed by atoms with Crippen LogP contribution in [0.4, 0.5) is 0 Å². The van der Waals surface area contributed by atoms with Crippen molar-refractivity contribution >= 4 is 11.9 Å². The van der Waals surface area contributed by atoms with Crippen molar-refractivity contribution in [3.8, 4) is 0 Å². The highest BCUT2D eigenvalue weighted by atomic mass is 16.4. The molecule has 0 aliphatic carbocycles. The van der Waals surface area contributed by atoms with E-state index < -0.39 is 18.4 Å². The van der Waals surface area contributed by atoms with Gasteiger partial charge in [-0.05, 0) is 24.0 Å². The summed E-state index contributed by atoms with van der Waals surface area (Å²) in [6.45, 7) is 0. The first-order valence-corrected chi connectivity index (χ1v) is 7.30. The predicted octanol–water partition coefficient (Wildman–Crippen LogP) is 3.33. The molecule has 0 saturated heterocycles. The normalized spacial score (nSPS) is 10.1. The van der Waals surface area contributed by atoms with Crippen LogP contribution in [0.15, 0.2) is 71.8 Å². The van der Waals surface area contributed by atoms with Crippen LogP contribution in [-0.4, -0.2) is 22.2 Å². The summed E-state index contributed by atoms with van der Waals surface area (Å²) in [6, 6.07) is 18.9. The smallest absolute Gasteiger partial charge is 0.332 e. The maximum Gasteiger partial charge on any atom is 0.332 e. The van der Waals surface area contributed by atoms with Gasteiger partial charge in [0.15, 0.2) is 0 Å². The number of hydrogen-bond donors (Lipinski definition) is 2. The number of allylic oxidation sites excluding steroid dienone is 1. The van der Waals surface area contributed by atoms with Crippen molar-refractivity contribution in [1.29, 1.82) is 0 Å².